The van der Waals surface area contributed by atoms with E-state index in [-0.39, 0.29) is 0 Å². The first-order valence-corrected chi connectivity index (χ1v) is 6.40. The van der Waals surface area contributed by atoms with Crippen LogP contribution in [0.3, 0.4) is 0 Å². The number of aromatic nitrogens is 1. The molecule has 1 unspecified atom stereocenters. The van der Waals surface area contributed by atoms with Gasteiger partial charge in [0.05, 0.1) is 0 Å². The van der Waals surface area contributed by atoms with E-state index in [1.54, 1.807) is 0 Å². The van der Waals surface area contributed by atoms with E-state index < -0.39 is 0 Å². The van der Waals surface area contributed by atoms with E-state index in [1.165, 1.54) is 24.2 Å². The largest absolute Gasteiger partial charge is 0.360 e. The fourth-order valence-electron chi connectivity index (χ4n) is 1.89. The Labute approximate surface area is 104 Å². The van der Waals surface area contributed by atoms with Crippen LogP contribution in [0.5, 0.6) is 0 Å². The molecule has 1 aliphatic heterocycles. The van der Waals surface area contributed by atoms with E-state index in [2.05, 4.69) is 22.2 Å². The zero-order valence-corrected chi connectivity index (χ0v) is 10.6. The zero-order chi connectivity index (χ0) is 11.5. The van der Waals surface area contributed by atoms with Gasteiger partial charge in [-0.1, -0.05) is 22.9 Å². The molecule has 4 nitrogen and oxygen atoms in total. The van der Waals surface area contributed by atoms with Crippen molar-refractivity contribution in [3.63, 3.8) is 0 Å². The molecule has 0 aliphatic carbocycles. The van der Waals surface area contributed by atoms with Gasteiger partial charge < -0.3 is 10.2 Å². The molecule has 6 heteroatoms. The van der Waals surface area contributed by atoms with Crippen LogP contribution >= 0.6 is 22.9 Å². The van der Waals surface area contributed by atoms with E-state index >= 15 is 0 Å². The molecule has 1 atom stereocenters. The number of likely N-dealkylation sites (N-methyl/N-ethyl adjacent to an activating group) is 1. The molecule has 1 fully saturated rings. The second-order valence-electron chi connectivity index (χ2n) is 3.91. The predicted molar refractivity (Wildman–Crippen MR) is 66.0 cm³/mol. The van der Waals surface area contributed by atoms with Crippen LogP contribution in [-0.2, 0) is 0 Å². The molecular weight excluding hydrogens is 244 g/mol. The smallest absolute Gasteiger partial charge is 0.185 e. The van der Waals surface area contributed by atoms with Gasteiger partial charge in [0.25, 0.3) is 0 Å². The van der Waals surface area contributed by atoms with Crippen molar-refractivity contribution >= 4 is 28.1 Å². The van der Waals surface area contributed by atoms with Crippen molar-refractivity contribution in [1.29, 1.82) is 5.26 Å². The molecular formula is C10H13ClN4S. The molecule has 0 radical (unpaired) electrons. The third kappa shape index (κ3) is 2.46. The van der Waals surface area contributed by atoms with Gasteiger partial charge >= 0.3 is 0 Å². The highest BCUT2D eigenvalue weighted by Crippen LogP contribution is 2.26. The van der Waals surface area contributed by atoms with Crippen LogP contribution in [0.1, 0.15) is 17.7 Å². The second kappa shape index (κ2) is 5.00. The van der Waals surface area contributed by atoms with E-state index in [0.717, 1.165) is 18.2 Å². The molecule has 16 heavy (non-hydrogen) atoms. The fraction of sp³-hybridized carbons (Fsp3) is 0.600. The predicted octanol–water partition coefficient (Wildman–Crippen LogP) is 2.17. The quantitative estimate of drug-likeness (QED) is 0.901. The van der Waals surface area contributed by atoms with Crippen LogP contribution in [-0.4, -0.2) is 36.1 Å². The highest BCUT2D eigenvalue weighted by molar-refractivity contribution is 7.16. The van der Waals surface area contributed by atoms with Crippen molar-refractivity contribution in [2.75, 3.05) is 25.5 Å². The fourth-order valence-corrected chi connectivity index (χ4v) is 2.84. The van der Waals surface area contributed by atoms with Crippen LogP contribution in [0, 0.1) is 11.3 Å². The van der Waals surface area contributed by atoms with Crippen molar-refractivity contribution in [2.24, 2.45) is 0 Å². The molecule has 1 N–H and O–H groups in total. The van der Waals surface area contributed by atoms with E-state index in [1.807, 2.05) is 6.07 Å². The van der Waals surface area contributed by atoms with Gasteiger partial charge in [-0.05, 0) is 26.4 Å². The van der Waals surface area contributed by atoms with Crippen molar-refractivity contribution < 1.29 is 0 Å². The van der Waals surface area contributed by atoms with Crippen LogP contribution < -0.4 is 5.32 Å². The van der Waals surface area contributed by atoms with Crippen LogP contribution in [0.25, 0.3) is 0 Å². The lowest BCUT2D eigenvalue weighted by atomic mass is 10.2. The number of nitriles is 1. The first kappa shape index (κ1) is 11.6. The van der Waals surface area contributed by atoms with Crippen LogP contribution in [0.4, 0.5) is 5.13 Å². The molecule has 2 heterocycles. The van der Waals surface area contributed by atoms with E-state index in [4.69, 9.17) is 16.9 Å². The molecule has 1 saturated heterocycles. The number of rotatable bonds is 3. The Hall–Kier alpha value is -0.830. The van der Waals surface area contributed by atoms with Gasteiger partial charge in [-0.2, -0.15) is 5.26 Å². The first-order chi connectivity index (χ1) is 7.70. The minimum Gasteiger partial charge on any atom is -0.360 e. The summed E-state index contributed by atoms with van der Waals surface area (Å²) in [7, 11) is 2.13. The summed E-state index contributed by atoms with van der Waals surface area (Å²) in [5.41, 5.74) is 0. The summed E-state index contributed by atoms with van der Waals surface area (Å²) >= 11 is 7.11. The van der Waals surface area contributed by atoms with Gasteiger partial charge in [0.2, 0.25) is 0 Å². The van der Waals surface area contributed by atoms with Crippen molar-refractivity contribution in [3.05, 3.63) is 10.0 Å². The Bertz CT molecular complexity index is 411. The lowest BCUT2D eigenvalue weighted by Gasteiger charge is -2.19. The molecule has 86 valence electrons. The molecule has 0 aromatic carbocycles. The lowest BCUT2D eigenvalue weighted by Crippen LogP contribution is -2.31. The standard InChI is InChI=1S/C10H13ClN4S/c1-15-4-2-3-7(15)6-13-10-14-9(11)8(5-12)16-10/h7H,2-4,6H2,1H3,(H,13,14). The minimum absolute atomic E-state index is 0.301. The number of hydrogen-bond donors (Lipinski definition) is 1. The van der Waals surface area contributed by atoms with E-state index in [0.29, 0.717) is 16.1 Å². The number of thiazole rings is 1. The molecule has 0 amide bonds. The van der Waals surface area contributed by atoms with Gasteiger partial charge in [0, 0.05) is 12.6 Å². The summed E-state index contributed by atoms with van der Waals surface area (Å²) < 4.78 is 0. The minimum atomic E-state index is 0.301. The van der Waals surface area contributed by atoms with Gasteiger partial charge in [0.1, 0.15) is 10.9 Å². The average molecular weight is 257 g/mol. The third-order valence-corrected chi connectivity index (χ3v) is 4.15. The number of halogens is 1. The third-order valence-electron chi connectivity index (χ3n) is 2.85. The van der Waals surface area contributed by atoms with Crippen molar-refractivity contribution in [1.82, 2.24) is 9.88 Å². The Morgan fingerprint density at radius 3 is 3.12 bits per heavy atom. The second-order valence-corrected chi connectivity index (χ2v) is 5.27. The van der Waals surface area contributed by atoms with Crippen LogP contribution in [0.2, 0.25) is 5.15 Å². The van der Waals surface area contributed by atoms with Gasteiger partial charge in [-0.15, -0.1) is 0 Å². The summed E-state index contributed by atoms with van der Waals surface area (Å²) in [6.45, 7) is 2.03. The summed E-state index contributed by atoms with van der Waals surface area (Å²) in [5, 5.41) is 13.0. The molecule has 0 saturated carbocycles. The Morgan fingerprint density at radius 1 is 1.75 bits per heavy atom. The lowest BCUT2D eigenvalue weighted by molar-refractivity contribution is 0.322. The summed E-state index contributed by atoms with van der Waals surface area (Å²) in [6.07, 6.45) is 2.47. The van der Waals surface area contributed by atoms with Gasteiger partial charge in [-0.25, -0.2) is 4.98 Å². The number of nitrogens with zero attached hydrogens (tertiary/aromatic N) is 3. The topological polar surface area (TPSA) is 52.0 Å². The first-order valence-electron chi connectivity index (χ1n) is 5.21. The average Bonchev–Trinajstić information content (AvgIpc) is 2.82. The van der Waals surface area contributed by atoms with Crippen LogP contribution in [0.15, 0.2) is 0 Å². The number of hydrogen-bond acceptors (Lipinski definition) is 5. The maximum absolute atomic E-state index is 8.75. The Kier molecular flexibility index (Phi) is 3.64. The van der Waals surface area contributed by atoms with Gasteiger partial charge in [-0.3, -0.25) is 0 Å². The molecule has 0 spiro atoms. The molecule has 2 rings (SSSR count). The zero-order valence-electron chi connectivity index (χ0n) is 9.03. The highest BCUT2D eigenvalue weighted by Gasteiger charge is 2.20. The monoisotopic (exact) mass is 256 g/mol. The normalized spacial score (nSPS) is 20.9. The molecule has 1 aliphatic rings. The SMILES string of the molecule is CN1CCCC1CNc1nc(Cl)c(C#N)s1. The summed E-state index contributed by atoms with van der Waals surface area (Å²) in [5.74, 6) is 0. The molecule has 1 aromatic rings. The number of anilines is 1. The maximum Gasteiger partial charge on any atom is 0.185 e. The Morgan fingerprint density at radius 2 is 2.56 bits per heavy atom. The number of likely N-dealkylation sites (tertiary alicyclic amines) is 1. The molecule has 0 bridgehead atoms. The van der Waals surface area contributed by atoms with Gasteiger partial charge in [0.15, 0.2) is 10.3 Å². The summed E-state index contributed by atoms with van der Waals surface area (Å²) in [6, 6.07) is 2.59. The van der Waals surface area contributed by atoms with Crippen molar-refractivity contribution in [2.45, 2.75) is 18.9 Å². The Balaban J connectivity index is 1.92. The maximum atomic E-state index is 8.75. The van der Waals surface area contributed by atoms with E-state index in [9.17, 15) is 0 Å². The molecule has 1 aromatic heterocycles. The van der Waals surface area contributed by atoms with Crippen molar-refractivity contribution in [3.8, 4) is 6.07 Å². The summed E-state index contributed by atoms with van der Waals surface area (Å²) in [4.78, 5) is 6.92. The highest BCUT2D eigenvalue weighted by atomic mass is 35.5. The number of nitrogens with one attached hydrogen (secondary N) is 1.